The molecule has 1 aliphatic rings. The summed E-state index contributed by atoms with van der Waals surface area (Å²) in [5.41, 5.74) is 0. The molecule has 0 aromatic rings. The van der Waals surface area contributed by atoms with Crippen LogP contribution in [0.15, 0.2) is 0 Å². The standard InChI is InChI=1S/C12H22ClNO4S2/c1-2-5-17-6-3-11(8-13)18-12(19)14-10-4-7-20(15,16)9-10/h10-11H,2-9H2,1H3,(H,14,19). The number of hydrogen-bond donors (Lipinski definition) is 1. The molecule has 8 heteroatoms. The van der Waals surface area contributed by atoms with Crippen molar-refractivity contribution in [2.45, 2.75) is 38.3 Å². The lowest BCUT2D eigenvalue weighted by atomic mass is 10.3. The molecule has 0 aromatic carbocycles. The number of halogens is 1. The molecule has 0 bridgehead atoms. The molecule has 0 spiro atoms. The van der Waals surface area contributed by atoms with Crippen LogP contribution in [0.4, 0.5) is 0 Å². The molecule has 1 N–H and O–H groups in total. The Morgan fingerprint density at radius 2 is 2.25 bits per heavy atom. The van der Waals surface area contributed by atoms with E-state index in [4.69, 9.17) is 33.3 Å². The van der Waals surface area contributed by atoms with E-state index in [0.717, 1.165) is 13.0 Å². The smallest absolute Gasteiger partial charge is 0.257 e. The fourth-order valence-electron chi connectivity index (χ4n) is 1.89. The van der Waals surface area contributed by atoms with Crippen molar-refractivity contribution in [1.82, 2.24) is 5.32 Å². The van der Waals surface area contributed by atoms with Gasteiger partial charge in [-0.05, 0) is 25.1 Å². The molecule has 0 saturated carbocycles. The second kappa shape index (κ2) is 9.02. The van der Waals surface area contributed by atoms with Crippen molar-refractivity contribution < 1.29 is 17.9 Å². The second-order valence-corrected chi connectivity index (χ2v) is 7.74. The average molecular weight is 344 g/mol. The van der Waals surface area contributed by atoms with E-state index in [1.807, 2.05) is 6.92 Å². The van der Waals surface area contributed by atoms with Crippen LogP contribution >= 0.6 is 23.8 Å². The summed E-state index contributed by atoms with van der Waals surface area (Å²) >= 11 is 10.9. The first-order valence-corrected chi connectivity index (χ1v) is 9.54. The molecule has 1 fully saturated rings. The Morgan fingerprint density at radius 1 is 1.50 bits per heavy atom. The Labute approximate surface area is 131 Å². The van der Waals surface area contributed by atoms with E-state index >= 15 is 0 Å². The number of thiocarbonyl (C=S) groups is 1. The number of nitrogens with one attached hydrogen (secondary N) is 1. The topological polar surface area (TPSA) is 64.6 Å². The molecule has 0 aliphatic carbocycles. The summed E-state index contributed by atoms with van der Waals surface area (Å²) in [6.45, 7) is 3.34. The second-order valence-electron chi connectivity index (χ2n) is 4.83. The lowest BCUT2D eigenvalue weighted by Gasteiger charge is -2.20. The van der Waals surface area contributed by atoms with Crippen molar-refractivity contribution in [3.63, 3.8) is 0 Å². The van der Waals surface area contributed by atoms with Crippen LogP contribution in [0.5, 0.6) is 0 Å². The number of alkyl halides is 1. The van der Waals surface area contributed by atoms with Gasteiger partial charge < -0.3 is 14.8 Å². The largest absolute Gasteiger partial charge is 0.466 e. The molecule has 0 radical (unpaired) electrons. The van der Waals surface area contributed by atoms with Gasteiger partial charge in [0.2, 0.25) is 0 Å². The Morgan fingerprint density at radius 3 is 2.80 bits per heavy atom. The Hall–Kier alpha value is -0.110. The predicted molar refractivity (Wildman–Crippen MR) is 84.1 cm³/mol. The SMILES string of the molecule is CCCOCCC(CCl)OC(=S)NC1CCS(=O)(=O)C1. The van der Waals surface area contributed by atoms with E-state index in [1.54, 1.807) is 0 Å². The first-order valence-electron chi connectivity index (χ1n) is 6.78. The van der Waals surface area contributed by atoms with Crippen LogP contribution in [0, 0.1) is 0 Å². The highest BCUT2D eigenvalue weighted by atomic mass is 35.5. The molecule has 118 valence electrons. The monoisotopic (exact) mass is 343 g/mol. The number of ether oxygens (including phenoxy) is 2. The summed E-state index contributed by atoms with van der Waals surface area (Å²) in [5, 5.41) is 3.15. The van der Waals surface area contributed by atoms with Crippen molar-refractivity contribution in [3.8, 4) is 0 Å². The molecule has 1 saturated heterocycles. The maximum absolute atomic E-state index is 11.3. The van der Waals surface area contributed by atoms with Gasteiger partial charge in [-0.3, -0.25) is 0 Å². The van der Waals surface area contributed by atoms with Crippen molar-refractivity contribution in [3.05, 3.63) is 0 Å². The highest BCUT2D eigenvalue weighted by Crippen LogP contribution is 2.12. The molecule has 20 heavy (non-hydrogen) atoms. The molecule has 2 atom stereocenters. The highest BCUT2D eigenvalue weighted by Gasteiger charge is 2.28. The van der Waals surface area contributed by atoms with Gasteiger partial charge in [-0.15, -0.1) is 11.6 Å². The molecular weight excluding hydrogens is 322 g/mol. The van der Waals surface area contributed by atoms with E-state index in [0.29, 0.717) is 25.3 Å². The van der Waals surface area contributed by atoms with E-state index in [-0.39, 0.29) is 28.8 Å². The Balaban J connectivity index is 2.25. The van der Waals surface area contributed by atoms with Gasteiger partial charge in [-0.2, -0.15) is 0 Å². The third-order valence-electron chi connectivity index (χ3n) is 2.93. The van der Waals surface area contributed by atoms with E-state index in [2.05, 4.69) is 5.32 Å². The number of rotatable bonds is 8. The third-order valence-corrected chi connectivity index (χ3v) is 5.26. The fraction of sp³-hybridized carbons (Fsp3) is 0.917. The van der Waals surface area contributed by atoms with Crippen LogP contribution in [0.25, 0.3) is 0 Å². The van der Waals surface area contributed by atoms with Gasteiger partial charge in [0.25, 0.3) is 5.17 Å². The Bertz CT molecular complexity index is 402. The minimum absolute atomic E-state index is 0.113. The van der Waals surface area contributed by atoms with Crippen LogP contribution in [0.2, 0.25) is 0 Å². The highest BCUT2D eigenvalue weighted by molar-refractivity contribution is 7.91. The van der Waals surface area contributed by atoms with Crippen LogP contribution in [0.3, 0.4) is 0 Å². The number of hydrogen-bond acceptors (Lipinski definition) is 5. The lowest BCUT2D eigenvalue weighted by molar-refractivity contribution is 0.0945. The quantitative estimate of drug-likeness (QED) is 0.409. The molecule has 0 amide bonds. The zero-order valence-electron chi connectivity index (χ0n) is 11.6. The molecule has 2 unspecified atom stereocenters. The first-order chi connectivity index (χ1) is 9.46. The average Bonchev–Trinajstić information content (AvgIpc) is 2.72. The van der Waals surface area contributed by atoms with Gasteiger partial charge in [0.1, 0.15) is 6.10 Å². The predicted octanol–water partition coefficient (Wildman–Crippen LogP) is 1.49. The van der Waals surface area contributed by atoms with Gasteiger partial charge >= 0.3 is 0 Å². The summed E-state index contributed by atoms with van der Waals surface area (Å²) in [6.07, 6.45) is 1.99. The van der Waals surface area contributed by atoms with Gasteiger partial charge in [-0.1, -0.05) is 6.92 Å². The van der Waals surface area contributed by atoms with Crippen molar-refractivity contribution in [2.75, 3.05) is 30.6 Å². The summed E-state index contributed by atoms with van der Waals surface area (Å²) in [6, 6.07) is -0.153. The van der Waals surface area contributed by atoms with Crippen molar-refractivity contribution in [2.24, 2.45) is 0 Å². The molecule has 1 rings (SSSR count). The van der Waals surface area contributed by atoms with Gasteiger partial charge in [0, 0.05) is 19.1 Å². The maximum Gasteiger partial charge on any atom is 0.257 e. The zero-order valence-corrected chi connectivity index (χ0v) is 14.0. The molecule has 5 nitrogen and oxygen atoms in total. The summed E-state index contributed by atoms with van der Waals surface area (Å²) in [7, 11) is -2.92. The minimum Gasteiger partial charge on any atom is -0.466 e. The van der Waals surface area contributed by atoms with Crippen LogP contribution in [-0.2, 0) is 19.3 Å². The van der Waals surface area contributed by atoms with Crippen LogP contribution in [-0.4, -0.2) is 56.3 Å². The maximum atomic E-state index is 11.3. The normalized spacial score (nSPS) is 22.4. The number of sulfone groups is 1. The van der Waals surface area contributed by atoms with Crippen molar-refractivity contribution in [1.29, 1.82) is 0 Å². The first kappa shape index (κ1) is 17.9. The van der Waals surface area contributed by atoms with E-state index in [9.17, 15) is 8.42 Å². The van der Waals surface area contributed by atoms with Gasteiger partial charge in [0.15, 0.2) is 9.84 Å². The van der Waals surface area contributed by atoms with E-state index in [1.165, 1.54) is 0 Å². The molecule has 0 aromatic heterocycles. The van der Waals surface area contributed by atoms with Gasteiger partial charge in [-0.25, -0.2) is 8.42 Å². The minimum atomic E-state index is -2.92. The molecular formula is C12H22ClNO4S2. The van der Waals surface area contributed by atoms with E-state index < -0.39 is 9.84 Å². The zero-order chi connectivity index (χ0) is 15.0. The Kier molecular flexibility index (Phi) is 8.09. The van der Waals surface area contributed by atoms with Crippen LogP contribution in [0.1, 0.15) is 26.2 Å². The van der Waals surface area contributed by atoms with Gasteiger partial charge in [0.05, 0.1) is 24.0 Å². The summed E-state index contributed by atoms with van der Waals surface area (Å²) < 4.78 is 33.6. The summed E-state index contributed by atoms with van der Waals surface area (Å²) in [4.78, 5) is 0. The van der Waals surface area contributed by atoms with Crippen molar-refractivity contribution >= 4 is 38.8 Å². The summed E-state index contributed by atoms with van der Waals surface area (Å²) in [5.74, 6) is 0.638. The fourth-order valence-corrected chi connectivity index (χ4v) is 4.08. The lowest BCUT2D eigenvalue weighted by Crippen LogP contribution is -2.38. The third kappa shape index (κ3) is 7.06. The molecule has 1 heterocycles. The van der Waals surface area contributed by atoms with Crippen LogP contribution < -0.4 is 5.32 Å². The molecule has 1 aliphatic heterocycles.